The minimum absolute atomic E-state index is 0.540. The topological polar surface area (TPSA) is 21.1 Å². The van der Waals surface area contributed by atoms with Gasteiger partial charge in [-0.1, -0.05) is 11.8 Å². The molecule has 0 radical (unpaired) electrons. The normalized spacial score (nSPS) is 16.8. The van der Waals surface area contributed by atoms with E-state index in [4.69, 9.17) is 11.6 Å². The van der Waals surface area contributed by atoms with Gasteiger partial charge in [-0.15, -0.1) is 11.6 Å². The van der Waals surface area contributed by atoms with Crippen molar-refractivity contribution in [2.75, 3.05) is 25.4 Å². The molecule has 0 N–H and O–H groups in total. The molecule has 0 saturated carbocycles. The van der Waals surface area contributed by atoms with Gasteiger partial charge in [0.2, 0.25) is 0 Å². The molecule has 2 heterocycles. The zero-order valence-corrected chi connectivity index (χ0v) is 11.9. The monoisotopic (exact) mass is 273 g/mol. The third kappa shape index (κ3) is 3.63. The van der Waals surface area contributed by atoms with Crippen LogP contribution in [-0.2, 0) is 12.9 Å². The van der Waals surface area contributed by atoms with E-state index in [-0.39, 0.29) is 0 Å². The molecule has 1 saturated heterocycles. The van der Waals surface area contributed by atoms with Crippen molar-refractivity contribution in [3.8, 4) is 0 Å². The largest absolute Gasteiger partial charge is 0.325 e. The summed E-state index contributed by atoms with van der Waals surface area (Å²) in [5, 5.41) is 1.09. The number of aromatic nitrogens is 2. The Labute approximate surface area is 113 Å². The van der Waals surface area contributed by atoms with Gasteiger partial charge in [0.25, 0.3) is 0 Å². The summed E-state index contributed by atoms with van der Waals surface area (Å²) in [5.41, 5.74) is 1.09. The summed E-state index contributed by atoms with van der Waals surface area (Å²) in [5.74, 6) is 1.68. The number of nitrogens with zero attached hydrogens (tertiary/aromatic N) is 3. The first kappa shape index (κ1) is 13.2. The fourth-order valence-corrected chi connectivity index (χ4v) is 3.28. The summed E-state index contributed by atoms with van der Waals surface area (Å²) in [6, 6.07) is 0. The van der Waals surface area contributed by atoms with Gasteiger partial charge in [-0.2, -0.15) is 0 Å². The number of rotatable bonds is 6. The second-order valence-corrected chi connectivity index (χ2v) is 5.80. The quantitative estimate of drug-likeness (QED) is 0.452. The van der Waals surface area contributed by atoms with E-state index < -0.39 is 0 Å². The van der Waals surface area contributed by atoms with E-state index >= 15 is 0 Å². The summed E-state index contributed by atoms with van der Waals surface area (Å²) in [6.07, 6.45) is 5.88. The molecule has 1 fully saturated rings. The van der Waals surface area contributed by atoms with Gasteiger partial charge in [0.1, 0.15) is 0 Å². The first-order valence-corrected chi connectivity index (χ1v) is 7.75. The molecule has 0 amide bonds. The van der Waals surface area contributed by atoms with E-state index in [1.807, 2.05) is 25.0 Å². The molecular weight excluding hydrogens is 254 g/mol. The van der Waals surface area contributed by atoms with Crippen LogP contribution in [0.4, 0.5) is 0 Å². The molecule has 0 unspecified atom stereocenters. The highest BCUT2D eigenvalue weighted by molar-refractivity contribution is 7.99. The average molecular weight is 274 g/mol. The van der Waals surface area contributed by atoms with Gasteiger partial charge >= 0.3 is 0 Å². The van der Waals surface area contributed by atoms with E-state index in [1.54, 1.807) is 0 Å². The average Bonchev–Trinajstić information content (AvgIpc) is 2.95. The summed E-state index contributed by atoms with van der Waals surface area (Å²) in [7, 11) is 2.04. The molecule has 3 nitrogen and oxygen atoms in total. The van der Waals surface area contributed by atoms with Gasteiger partial charge < -0.3 is 9.47 Å². The lowest BCUT2D eigenvalue weighted by molar-refractivity contribution is 0.341. The van der Waals surface area contributed by atoms with Crippen molar-refractivity contribution in [1.29, 1.82) is 0 Å². The summed E-state index contributed by atoms with van der Waals surface area (Å²) < 4.78 is 2.09. The number of likely N-dealkylation sites (tertiary alicyclic amines) is 1. The van der Waals surface area contributed by atoms with Crippen molar-refractivity contribution in [3.05, 3.63) is 11.9 Å². The molecule has 0 aliphatic carbocycles. The highest BCUT2D eigenvalue weighted by Gasteiger charge is 2.11. The van der Waals surface area contributed by atoms with Crippen LogP contribution in [0.1, 0.15) is 25.0 Å². The van der Waals surface area contributed by atoms with Crippen molar-refractivity contribution in [2.24, 2.45) is 7.05 Å². The van der Waals surface area contributed by atoms with Crippen molar-refractivity contribution < 1.29 is 0 Å². The third-order valence-electron chi connectivity index (χ3n) is 3.23. The molecule has 1 aliphatic heterocycles. The standard InChI is InChI=1S/C12H20ClN3S/c1-15-11(9-13)10-14-12(15)17-8-4-7-16-5-2-3-6-16/h10H,2-9H2,1H3. The lowest BCUT2D eigenvalue weighted by atomic mass is 10.4. The molecule has 5 heteroatoms. The SMILES string of the molecule is Cn1c(CCl)cnc1SCCCN1CCCC1. The Morgan fingerprint density at radius 3 is 2.82 bits per heavy atom. The lowest BCUT2D eigenvalue weighted by Gasteiger charge is -2.13. The van der Waals surface area contributed by atoms with Crippen LogP contribution >= 0.6 is 23.4 Å². The molecular formula is C12H20ClN3S. The number of halogens is 1. The molecule has 0 spiro atoms. The Hall–Kier alpha value is -0.190. The van der Waals surface area contributed by atoms with Crippen molar-refractivity contribution in [2.45, 2.75) is 30.3 Å². The predicted molar refractivity (Wildman–Crippen MR) is 73.8 cm³/mol. The number of hydrogen-bond donors (Lipinski definition) is 0. The van der Waals surface area contributed by atoms with Gasteiger partial charge in [0.15, 0.2) is 5.16 Å². The van der Waals surface area contributed by atoms with E-state index in [2.05, 4.69) is 14.5 Å². The molecule has 1 aromatic heterocycles. The van der Waals surface area contributed by atoms with Crippen LogP contribution in [0.15, 0.2) is 11.4 Å². The van der Waals surface area contributed by atoms with Crippen LogP contribution in [0.5, 0.6) is 0 Å². The van der Waals surface area contributed by atoms with Crippen molar-refractivity contribution >= 4 is 23.4 Å². The summed E-state index contributed by atoms with van der Waals surface area (Å²) in [6.45, 7) is 3.83. The van der Waals surface area contributed by atoms with Crippen molar-refractivity contribution in [3.63, 3.8) is 0 Å². The number of alkyl halides is 1. The van der Waals surface area contributed by atoms with Gasteiger partial charge in [-0.05, 0) is 38.9 Å². The van der Waals surface area contributed by atoms with Crippen molar-refractivity contribution in [1.82, 2.24) is 14.5 Å². The number of hydrogen-bond acceptors (Lipinski definition) is 3. The second-order valence-electron chi connectivity index (χ2n) is 4.48. The smallest absolute Gasteiger partial charge is 0.167 e. The highest BCUT2D eigenvalue weighted by atomic mass is 35.5. The molecule has 96 valence electrons. The molecule has 0 aromatic carbocycles. The first-order valence-electron chi connectivity index (χ1n) is 6.23. The molecule has 0 bridgehead atoms. The number of imidazole rings is 1. The molecule has 17 heavy (non-hydrogen) atoms. The van der Waals surface area contributed by atoms with Crippen LogP contribution < -0.4 is 0 Å². The fraction of sp³-hybridized carbons (Fsp3) is 0.750. The Morgan fingerprint density at radius 2 is 2.18 bits per heavy atom. The zero-order valence-electron chi connectivity index (χ0n) is 10.4. The van der Waals surface area contributed by atoms with Crippen LogP contribution in [0.3, 0.4) is 0 Å². The fourth-order valence-electron chi connectivity index (χ4n) is 2.14. The van der Waals surface area contributed by atoms with Gasteiger partial charge in [-0.3, -0.25) is 0 Å². The van der Waals surface area contributed by atoms with Crippen LogP contribution in [-0.4, -0.2) is 39.8 Å². The van der Waals surface area contributed by atoms with E-state index in [9.17, 15) is 0 Å². The number of thioether (sulfide) groups is 1. The third-order valence-corrected chi connectivity index (χ3v) is 4.63. The minimum atomic E-state index is 0.540. The van der Waals surface area contributed by atoms with Gasteiger partial charge in [0, 0.05) is 12.8 Å². The Morgan fingerprint density at radius 1 is 1.41 bits per heavy atom. The Balaban J connectivity index is 1.68. The van der Waals surface area contributed by atoms with Crippen LogP contribution in [0, 0.1) is 0 Å². The van der Waals surface area contributed by atoms with Gasteiger partial charge in [-0.25, -0.2) is 4.98 Å². The van der Waals surface area contributed by atoms with E-state index in [0.29, 0.717) is 5.88 Å². The van der Waals surface area contributed by atoms with Gasteiger partial charge in [0.05, 0.1) is 17.8 Å². The van der Waals surface area contributed by atoms with Crippen LogP contribution in [0.2, 0.25) is 0 Å². The Bertz CT molecular complexity index is 348. The maximum Gasteiger partial charge on any atom is 0.167 e. The van der Waals surface area contributed by atoms with Crippen LogP contribution in [0.25, 0.3) is 0 Å². The molecule has 1 aromatic rings. The van der Waals surface area contributed by atoms with E-state index in [0.717, 1.165) is 16.6 Å². The summed E-state index contributed by atoms with van der Waals surface area (Å²) in [4.78, 5) is 6.94. The van der Waals surface area contributed by atoms with E-state index in [1.165, 1.54) is 38.9 Å². The maximum absolute atomic E-state index is 5.82. The highest BCUT2D eigenvalue weighted by Crippen LogP contribution is 2.19. The molecule has 2 rings (SSSR count). The minimum Gasteiger partial charge on any atom is -0.325 e. The zero-order chi connectivity index (χ0) is 12.1. The predicted octanol–water partition coefficient (Wildman–Crippen LogP) is 2.74. The summed E-state index contributed by atoms with van der Waals surface area (Å²) >= 11 is 7.65. The molecule has 0 atom stereocenters. The second kappa shape index (κ2) is 6.66. The first-order chi connectivity index (χ1) is 8.31. The molecule has 1 aliphatic rings. The maximum atomic E-state index is 5.82. The Kier molecular flexibility index (Phi) is 5.19. The lowest BCUT2D eigenvalue weighted by Crippen LogP contribution is -2.20.